The number of fused-ring (bicyclic) bond motifs is 2. The summed E-state index contributed by atoms with van der Waals surface area (Å²) in [5.41, 5.74) is 3.05. The minimum absolute atomic E-state index is 0.515. The zero-order valence-corrected chi connectivity index (χ0v) is 8.61. The lowest BCUT2D eigenvalue weighted by molar-refractivity contribution is 0.0706. The fraction of sp³-hybridized carbons (Fsp3) is 1.00. The van der Waals surface area contributed by atoms with Crippen molar-refractivity contribution in [1.82, 2.24) is 5.43 Å². The van der Waals surface area contributed by atoms with Gasteiger partial charge in [0.15, 0.2) is 0 Å². The van der Waals surface area contributed by atoms with Crippen LogP contribution in [-0.2, 0) is 4.74 Å². The predicted molar refractivity (Wildman–Crippen MR) is 54.5 cm³/mol. The van der Waals surface area contributed by atoms with Gasteiger partial charge in [-0.25, -0.2) is 0 Å². The van der Waals surface area contributed by atoms with Crippen LogP contribution in [0.4, 0.5) is 0 Å². The largest absolute Gasteiger partial charge is 0.375 e. The molecule has 3 heteroatoms. The van der Waals surface area contributed by atoms with Crippen molar-refractivity contribution in [2.45, 2.75) is 56.8 Å². The quantitative estimate of drug-likeness (QED) is 0.526. The number of hydrogen-bond acceptors (Lipinski definition) is 3. The Morgan fingerprint density at radius 1 is 1.21 bits per heavy atom. The summed E-state index contributed by atoms with van der Waals surface area (Å²) < 4.78 is 5.89. The van der Waals surface area contributed by atoms with Crippen molar-refractivity contribution in [3.05, 3.63) is 0 Å². The van der Waals surface area contributed by atoms with Crippen molar-refractivity contribution >= 4 is 0 Å². The first-order chi connectivity index (χ1) is 6.88. The van der Waals surface area contributed by atoms with E-state index in [1.807, 2.05) is 0 Å². The molecule has 3 nitrogen and oxygen atoms in total. The highest BCUT2D eigenvalue weighted by Crippen LogP contribution is 2.44. The molecular weight excluding hydrogens is 176 g/mol. The Kier molecular flexibility index (Phi) is 2.26. The Balaban J connectivity index is 1.67. The molecule has 0 aromatic heterocycles. The number of nitrogens with two attached hydrogens (primary N) is 1. The molecule has 2 bridgehead atoms. The van der Waals surface area contributed by atoms with Crippen LogP contribution in [0.1, 0.15) is 38.5 Å². The van der Waals surface area contributed by atoms with Crippen LogP contribution in [0.5, 0.6) is 0 Å². The van der Waals surface area contributed by atoms with E-state index in [0.29, 0.717) is 24.2 Å². The first-order valence-electron chi connectivity index (χ1n) is 6.00. The van der Waals surface area contributed by atoms with Crippen LogP contribution in [-0.4, -0.2) is 18.2 Å². The maximum atomic E-state index is 5.89. The third-order valence-corrected chi connectivity index (χ3v) is 4.46. The van der Waals surface area contributed by atoms with Gasteiger partial charge in [0.05, 0.1) is 12.2 Å². The number of hydrazine groups is 1. The molecule has 4 unspecified atom stereocenters. The average molecular weight is 196 g/mol. The lowest BCUT2D eigenvalue weighted by Crippen LogP contribution is -2.50. The Labute approximate surface area is 85.3 Å². The Morgan fingerprint density at radius 3 is 2.50 bits per heavy atom. The van der Waals surface area contributed by atoms with Crippen LogP contribution in [0.3, 0.4) is 0 Å². The van der Waals surface area contributed by atoms with Gasteiger partial charge in [-0.1, -0.05) is 6.42 Å². The summed E-state index contributed by atoms with van der Waals surface area (Å²) in [4.78, 5) is 0. The molecule has 14 heavy (non-hydrogen) atoms. The monoisotopic (exact) mass is 196 g/mol. The lowest BCUT2D eigenvalue weighted by atomic mass is 9.71. The van der Waals surface area contributed by atoms with Gasteiger partial charge >= 0.3 is 0 Å². The van der Waals surface area contributed by atoms with E-state index in [2.05, 4.69) is 5.43 Å². The zero-order valence-electron chi connectivity index (χ0n) is 8.61. The van der Waals surface area contributed by atoms with Gasteiger partial charge in [0, 0.05) is 12.0 Å². The minimum Gasteiger partial charge on any atom is -0.375 e. The normalized spacial score (nSPS) is 43.9. The lowest BCUT2D eigenvalue weighted by Gasteiger charge is -2.38. The summed E-state index contributed by atoms with van der Waals surface area (Å²) in [6.07, 6.45) is 8.98. The summed E-state index contributed by atoms with van der Waals surface area (Å²) >= 11 is 0. The molecule has 3 aliphatic rings. The van der Waals surface area contributed by atoms with Crippen molar-refractivity contribution in [1.29, 1.82) is 0 Å². The minimum atomic E-state index is 0.515. The van der Waals surface area contributed by atoms with Gasteiger partial charge in [0.25, 0.3) is 0 Å². The third-order valence-electron chi connectivity index (χ3n) is 4.46. The standard InChI is InChI=1S/C11H20N2O/c12-13-11(7-2-1-3-7)9-6-8-4-5-10(9)14-8/h7-11,13H,1-6,12H2. The van der Waals surface area contributed by atoms with E-state index < -0.39 is 0 Å². The van der Waals surface area contributed by atoms with Gasteiger partial charge in [-0.2, -0.15) is 0 Å². The van der Waals surface area contributed by atoms with E-state index in [1.54, 1.807) is 0 Å². The van der Waals surface area contributed by atoms with E-state index in [9.17, 15) is 0 Å². The summed E-state index contributed by atoms with van der Waals surface area (Å²) in [5.74, 6) is 7.21. The fourth-order valence-corrected chi connectivity index (χ4v) is 3.46. The van der Waals surface area contributed by atoms with Crippen LogP contribution >= 0.6 is 0 Å². The molecule has 1 saturated carbocycles. The Morgan fingerprint density at radius 2 is 2.07 bits per heavy atom. The Hall–Kier alpha value is -0.120. The summed E-state index contributed by atoms with van der Waals surface area (Å²) in [6, 6.07) is 0.527. The topological polar surface area (TPSA) is 47.3 Å². The number of ether oxygens (including phenoxy) is 1. The van der Waals surface area contributed by atoms with Crippen molar-refractivity contribution in [3.63, 3.8) is 0 Å². The van der Waals surface area contributed by atoms with Crippen LogP contribution in [0.15, 0.2) is 0 Å². The van der Waals surface area contributed by atoms with Gasteiger partial charge in [-0.3, -0.25) is 11.3 Å². The van der Waals surface area contributed by atoms with Crippen molar-refractivity contribution in [3.8, 4) is 0 Å². The molecule has 2 aliphatic heterocycles. The van der Waals surface area contributed by atoms with Gasteiger partial charge in [0.1, 0.15) is 0 Å². The first kappa shape index (κ1) is 9.13. The molecule has 0 radical (unpaired) electrons. The summed E-state index contributed by atoms with van der Waals surface area (Å²) in [6.45, 7) is 0. The highest BCUT2D eigenvalue weighted by molar-refractivity contribution is 4.98. The number of hydrogen-bond donors (Lipinski definition) is 2. The summed E-state index contributed by atoms with van der Waals surface area (Å²) in [5, 5.41) is 0. The highest BCUT2D eigenvalue weighted by atomic mass is 16.5. The SMILES string of the molecule is NNC(C1CCC1)C1CC2CCC1O2. The van der Waals surface area contributed by atoms with Crippen molar-refractivity contribution in [2.75, 3.05) is 0 Å². The molecule has 1 aliphatic carbocycles. The predicted octanol–water partition coefficient (Wildman–Crippen LogP) is 1.19. The highest BCUT2D eigenvalue weighted by Gasteiger charge is 2.46. The smallest absolute Gasteiger partial charge is 0.0624 e. The van der Waals surface area contributed by atoms with Gasteiger partial charge < -0.3 is 4.74 Å². The molecule has 0 aromatic rings. The van der Waals surface area contributed by atoms with E-state index in [1.165, 1.54) is 38.5 Å². The second kappa shape index (κ2) is 3.47. The zero-order chi connectivity index (χ0) is 9.54. The maximum absolute atomic E-state index is 5.89. The van der Waals surface area contributed by atoms with Crippen LogP contribution in [0, 0.1) is 11.8 Å². The molecule has 4 atom stereocenters. The molecular formula is C11H20N2O. The van der Waals surface area contributed by atoms with Crippen LogP contribution in [0.25, 0.3) is 0 Å². The van der Waals surface area contributed by atoms with Crippen LogP contribution in [0.2, 0.25) is 0 Å². The molecule has 3 N–H and O–H groups in total. The van der Waals surface area contributed by atoms with E-state index in [0.717, 1.165) is 5.92 Å². The Bertz CT molecular complexity index is 217. The molecule has 3 rings (SSSR count). The fourth-order valence-electron chi connectivity index (χ4n) is 3.46. The molecule has 80 valence electrons. The molecule has 0 aromatic carbocycles. The molecule has 3 fully saturated rings. The van der Waals surface area contributed by atoms with Gasteiger partial charge in [-0.05, 0) is 38.0 Å². The first-order valence-corrected chi connectivity index (χ1v) is 6.00. The van der Waals surface area contributed by atoms with E-state index >= 15 is 0 Å². The van der Waals surface area contributed by atoms with Crippen LogP contribution < -0.4 is 11.3 Å². The molecule has 2 saturated heterocycles. The maximum Gasteiger partial charge on any atom is 0.0624 e. The second-order valence-electron chi connectivity index (χ2n) is 5.16. The van der Waals surface area contributed by atoms with Gasteiger partial charge in [-0.15, -0.1) is 0 Å². The third kappa shape index (κ3) is 1.30. The molecule has 2 heterocycles. The number of rotatable bonds is 3. The van der Waals surface area contributed by atoms with Crippen molar-refractivity contribution < 1.29 is 4.74 Å². The van der Waals surface area contributed by atoms with E-state index in [4.69, 9.17) is 10.6 Å². The van der Waals surface area contributed by atoms with E-state index in [-0.39, 0.29) is 0 Å². The molecule has 0 amide bonds. The summed E-state index contributed by atoms with van der Waals surface area (Å²) in [7, 11) is 0. The average Bonchev–Trinajstić information content (AvgIpc) is 2.71. The molecule has 0 spiro atoms. The number of nitrogens with one attached hydrogen (secondary N) is 1. The second-order valence-corrected chi connectivity index (χ2v) is 5.16. The van der Waals surface area contributed by atoms with Gasteiger partial charge in [0.2, 0.25) is 0 Å². The van der Waals surface area contributed by atoms with Crippen molar-refractivity contribution in [2.24, 2.45) is 17.7 Å².